The van der Waals surface area contributed by atoms with Crippen LogP contribution in [0.5, 0.6) is 0 Å². The van der Waals surface area contributed by atoms with Crippen LogP contribution in [-0.4, -0.2) is 24.5 Å². The molecule has 0 aliphatic rings. The van der Waals surface area contributed by atoms with Crippen molar-refractivity contribution in [2.75, 3.05) is 0 Å². The molecule has 0 amide bonds. The Labute approximate surface area is 143 Å². The molecule has 1 aromatic carbocycles. The predicted molar refractivity (Wildman–Crippen MR) is 85.7 cm³/mol. The number of nitrogens with zero attached hydrogens (tertiary/aromatic N) is 5. The maximum atomic E-state index is 13.0. The van der Waals surface area contributed by atoms with Crippen molar-refractivity contribution < 1.29 is 13.7 Å². The first-order valence-corrected chi connectivity index (χ1v) is 7.82. The SMILES string of the molecule is O=[N+]([O-])c1c(Sc2nnc(-c3ccc(F)cc3)o2)nc2ccccn12. The van der Waals surface area contributed by atoms with Crippen LogP contribution in [0.3, 0.4) is 0 Å². The van der Waals surface area contributed by atoms with Gasteiger partial charge in [-0.15, -0.1) is 10.2 Å². The summed E-state index contributed by atoms with van der Waals surface area (Å²) >= 11 is 0.899. The molecule has 3 heterocycles. The second-order valence-electron chi connectivity index (χ2n) is 4.91. The Morgan fingerprint density at radius 1 is 1.16 bits per heavy atom. The van der Waals surface area contributed by atoms with Gasteiger partial charge in [0, 0.05) is 11.6 Å². The van der Waals surface area contributed by atoms with Crippen molar-refractivity contribution in [3.05, 3.63) is 64.6 Å². The summed E-state index contributed by atoms with van der Waals surface area (Å²) in [5, 5.41) is 19.4. The maximum Gasteiger partial charge on any atom is 0.362 e. The van der Waals surface area contributed by atoms with Gasteiger partial charge in [-0.2, -0.15) is 9.38 Å². The Morgan fingerprint density at radius 2 is 1.96 bits per heavy atom. The van der Waals surface area contributed by atoms with Crippen molar-refractivity contribution in [2.24, 2.45) is 0 Å². The zero-order valence-electron chi connectivity index (χ0n) is 12.4. The topological polar surface area (TPSA) is 99.4 Å². The van der Waals surface area contributed by atoms with Crippen molar-refractivity contribution in [3.63, 3.8) is 0 Å². The van der Waals surface area contributed by atoms with Gasteiger partial charge in [0.2, 0.25) is 16.6 Å². The highest BCUT2D eigenvalue weighted by atomic mass is 32.2. The van der Waals surface area contributed by atoms with E-state index in [0.717, 1.165) is 11.8 Å². The van der Waals surface area contributed by atoms with Crippen molar-refractivity contribution in [2.45, 2.75) is 10.2 Å². The molecule has 4 rings (SSSR count). The molecule has 0 unspecified atom stereocenters. The van der Waals surface area contributed by atoms with E-state index < -0.39 is 4.92 Å². The lowest BCUT2D eigenvalue weighted by Gasteiger charge is -1.95. The van der Waals surface area contributed by atoms with Crippen LogP contribution in [0.4, 0.5) is 10.2 Å². The summed E-state index contributed by atoms with van der Waals surface area (Å²) < 4.78 is 19.8. The summed E-state index contributed by atoms with van der Waals surface area (Å²) in [4.78, 5) is 15.1. The Balaban J connectivity index is 1.69. The predicted octanol–water partition coefficient (Wildman–Crippen LogP) is 3.58. The lowest BCUT2D eigenvalue weighted by atomic mass is 10.2. The molecular formula is C15H8FN5O3S. The molecule has 4 aromatic rings. The Morgan fingerprint density at radius 3 is 2.72 bits per heavy atom. The number of benzene rings is 1. The fraction of sp³-hybridized carbons (Fsp3) is 0. The van der Waals surface area contributed by atoms with E-state index in [1.54, 1.807) is 24.4 Å². The van der Waals surface area contributed by atoms with E-state index in [-0.39, 0.29) is 27.8 Å². The first kappa shape index (κ1) is 15.3. The Bertz CT molecular complexity index is 1080. The fourth-order valence-electron chi connectivity index (χ4n) is 2.24. The van der Waals surface area contributed by atoms with Crippen LogP contribution in [0.2, 0.25) is 0 Å². The third-order valence-electron chi connectivity index (χ3n) is 3.33. The molecule has 0 aliphatic heterocycles. The van der Waals surface area contributed by atoms with E-state index in [1.807, 2.05) is 0 Å². The molecule has 0 saturated heterocycles. The molecular weight excluding hydrogens is 349 g/mol. The van der Waals surface area contributed by atoms with Gasteiger partial charge in [-0.1, -0.05) is 6.07 Å². The zero-order chi connectivity index (χ0) is 17.4. The second kappa shape index (κ2) is 5.98. The quantitative estimate of drug-likeness (QED) is 0.406. The molecule has 0 bridgehead atoms. The summed E-state index contributed by atoms with van der Waals surface area (Å²) in [5.41, 5.74) is 0.986. The fourth-order valence-corrected chi connectivity index (χ4v) is 3.01. The van der Waals surface area contributed by atoms with Crippen LogP contribution in [-0.2, 0) is 0 Å². The molecule has 124 valence electrons. The average Bonchev–Trinajstić information content (AvgIpc) is 3.20. The van der Waals surface area contributed by atoms with Crippen LogP contribution in [0.25, 0.3) is 17.1 Å². The van der Waals surface area contributed by atoms with Gasteiger partial charge >= 0.3 is 5.82 Å². The van der Waals surface area contributed by atoms with Gasteiger partial charge in [0.05, 0.1) is 6.20 Å². The standard InChI is InChI=1S/C15H8FN5O3S/c16-10-6-4-9(5-7-10)12-18-19-15(24-12)25-13-14(21(22)23)20-8-2-1-3-11(20)17-13/h1-8H. The van der Waals surface area contributed by atoms with E-state index in [9.17, 15) is 14.5 Å². The van der Waals surface area contributed by atoms with Gasteiger partial charge in [-0.05, 0) is 47.0 Å². The van der Waals surface area contributed by atoms with Crippen molar-refractivity contribution in [1.29, 1.82) is 0 Å². The first-order valence-electron chi connectivity index (χ1n) is 7.00. The van der Waals surface area contributed by atoms with Crippen molar-refractivity contribution in [3.8, 4) is 11.5 Å². The van der Waals surface area contributed by atoms with E-state index in [1.165, 1.54) is 28.7 Å². The molecule has 8 nitrogen and oxygen atoms in total. The van der Waals surface area contributed by atoms with Crippen LogP contribution in [0.1, 0.15) is 0 Å². The van der Waals surface area contributed by atoms with Crippen molar-refractivity contribution in [1.82, 2.24) is 19.6 Å². The summed E-state index contributed by atoms with van der Waals surface area (Å²) in [7, 11) is 0. The minimum absolute atomic E-state index is 0.103. The van der Waals surface area contributed by atoms with E-state index >= 15 is 0 Å². The van der Waals surface area contributed by atoms with Crippen LogP contribution in [0.15, 0.2) is 63.3 Å². The van der Waals surface area contributed by atoms with Crippen LogP contribution < -0.4 is 0 Å². The number of halogens is 1. The highest BCUT2D eigenvalue weighted by molar-refractivity contribution is 7.99. The molecule has 0 atom stereocenters. The summed E-state index contributed by atoms with van der Waals surface area (Å²) in [6, 6.07) is 10.6. The highest BCUT2D eigenvalue weighted by Crippen LogP contribution is 2.35. The summed E-state index contributed by atoms with van der Waals surface area (Å²) in [5.74, 6) is -0.366. The number of rotatable bonds is 4. The van der Waals surface area contributed by atoms with Gasteiger partial charge in [-0.25, -0.2) is 4.39 Å². The molecule has 25 heavy (non-hydrogen) atoms. The van der Waals surface area contributed by atoms with Gasteiger partial charge in [0.15, 0.2) is 0 Å². The second-order valence-corrected chi connectivity index (χ2v) is 5.85. The normalized spacial score (nSPS) is 11.1. The lowest BCUT2D eigenvalue weighted by Crippen LogP contribution is -1.94. The highest BCUT2D eigenvalue weighted by Gasteiger charge is 2.25. The summed E-state index contributed by atoms with van der Waals surface area (Å²) in [6.45, 7) is 0. The number of pyridine rings is 1. The smallest absolute Gasteiger partial charge is 0.362 e. The minimum Gasteiger partial charge on any atom is -0.411 e. The van der Waals surface area contributed by atoms with E-state index in [4.69, 9.17) is 4.42 Å². The molecule has 3 aromatic heterocycles. The van der Waals surface area contributed by atoms with Gasteiger partial charge < -0.3 is 14.5 Å². The number of aromatic nitrogens is 4. The Kier molecular flexibility index (Phi) is 3.65. The molecule has 0 aliphatic carbocycles. The monoisotopic (exact) mass is 357 g/mol. The summed E-state index contributed by atoms with van der Waals surface area (Å²) in [6.07, 6.45) is 1.56. The van der Waals surface area contributed by atoms with Gasteiger partial charge in [0.25, 0.3) is 5.22 Å². The minimum atomic E-state index is -0.514. The number of fused-ring (bicyclic) bond motifs is 1. The largest absolute Gasteiger partial charge is 0.411 e. The maximum absolute atomic E-state index is 13.0. The number of hydrogen-bond donors (Lipinski definition) is 0. The molecule has 0 fully saturated rings. The molecule has 0 saturated carbocycles. The average molecular weight is 357 g/mol. The number of imidazole rings is 1. The van der Waals surface area contributed by atoms with E-state index in [0.29, 0.717) is 11.2 Å². The van der Waals surface area contributed by atoms with Crippen molar-refractivity contribution >= 4 is 23.2 Å². The van der Waals surface area contributed by atoms with E-state index in [2.05, 4.69) is 15.2 Å². The first-order chi connectivity index (χ1) is 12.1. The molecule has 0 spiro atoms. The molecule has 10 heteroatoms. The number of hydrogen-bond acceptors (Lipinski definition) is 7. The van der Waals surface area contributed by atoms with Gasteiger partial charge in [0.1, 0.15) is 5.82 Å². The van der Waals surface area contributed by atoms with Crippen LogP contribution >= 0.6 is 11.8 Å². The van der Waals surface area contributed by atoms with Crippen LogP contribution in [0, 0.1) is 15.9 Å². The molecule has 0 radical (unpaired) electrons. The zero-order valence-corrected chi connectivity index (χ0v) is 13.2. The number of nitro groups is 1. The third kappa shape index (κ3) is 2.83. The van der Waals surface area contributed by atoms with Gasteiger partial charge in [-0.3, -0.25) is 0 Å². The Hall–Kier alpha value is -3.27. The third-order valence-corrected chi connectivity index (χ3v) is 4.14. The lowest BCUT2D eigenvalue weighted by molar-refractivity contribution is -0.393. The molecule has 0 N–H and O–H groups in total.